The zero-order valence-corrected chi connectivity index (χ0v) is 12.7. The lowest BCUT2D eigenvalue weighted by molar-refractivity contribution is 0.480. The van der Waals surface area contributed by atoms with Gasteiger partial charge in [0.25, 0.3) is 0 Å². The van der Waals surface area contributed by atoms with Crippen molar-refractivity contribution in [1.82, 2.24) is 9.80 Å². The highest BCUT2D eigenvalue weighted by atomic mass is 32.2. The molecule has 106 valence electrons. The average molecular weight is 283 g/mol. The van der Waals surface area contributed by atoms with Crippen LogP contribution >= 0.6 is 0 Å². The molecule has 0 amide bonds. The number of rotatable bonds is 4. The van der Waals surface area contributed by atoms with E-state index >= 15 is 0 Å². The molecule has 5 nitrogen and oxygen atoms in total. The van der Waals surface area contributed by atoms with Crippen LogP contribution in [0.3, 0.4) is 0 Å². The van der Waals surface area contributed by atoms with Crippen LogP contribution < -0.4 is 0 Å². The topological polar surface area (TPSA) is 53.0 Å². The normalized spacial score (nSPS) is 10.9. The van der Waals surface area contributed by atoms with Gasteiger partial charge >= 0.3 is 0 Å². The van der Waals surface area contributed by atoms with Gasteiger partial charge in [-0.15, -0.1) is 0 Å². The third-order valence-electron chi connectivity index (χ3n) is 2.52. The minimum atomic E-state index is -3.25. The Kier molecular flexibility index (Phi) is 5.35. The third-order valence-corrected chi connectivity index (χ3v) is 4.23. The Bertz CT molecular complexity index is 512. The first-order chi connectivity index (χ1) is 8.84. The van der Waals surface area contributed by atoms with Gasteiger partial charge in [-0.05, 0) is 12.1 Å². The number of nitrogens with zero attached hydrogens (tertiary/aromatic N) is 3. The fourth-order valence-electron chi connectivity index (χ4n) is 1.69. The molecule has 0 saturated carbocycles. The van der Waals surface area contributed by atoms with Gasteiger partial charge in [-0.25, -0.2) is 8.42 Å². The predicted octanol–water partition coefficient (Wildman–Crippen LogP) is 0.940. The number of hydrogen-bond acceptors (Lipinski definition) is 3. The molecule has 1 aromatic rings. The summed E-state index contributed by atoms with van der Waals surface area (Å²) in [4.78, 5) is 8.38. The molecule has 1 aromatic carbocycles. The number of benzene rings is 1. The summed E-state index contributed by atoms with van der Waals surface area (Å²) in [6, 6.07) is 8.46. The molecule has 19 heavy (non-hydrogen) atoms. The molecular weight excluding hydrogens is 262 g/mol. The first kappa shape index (κ1) is 15.5. The zero-order valence-electron chi connectivity index (χ0n) is 11.9. The van der Waals surface area contributed by atoms with Gasteiger partial charge in [0.15, 0.2) is 15.8 Å². The van der Waals surface area contributed by atoms with Crippen molar-refractivity contribution in [2.75, 3.05) is 40.5 Å². The summed E-state index contributed by atoms with van der Waals surface area (Å²) in [7, 11) is 4.27. The van der Waals surface area contributed by atoms with Crippen molar-refractivity contribution < 1.29 is 8.42 Å². The van der Waals surface area contributed by atoms with E-state index in [1.165, 1.54) is 0 Å². The second-order valence-electron chi connectivity index (χ2n) is 4.60. The average Bonchev–Trinajstić information content (AvgIpc) is 2.34. The summed E-state index contributed by atoms with van der Waals surface area (Å²) in [6.07, 6.45) is 0. The van der Waals surface area contributed by atoms with Gasteiger partial charge in [-0.1, -0.05) is 18.2 Å². The smallest absolute Gasteiger partial charge is 0.195 e. The maximum Gasteiger partial charge on any atom is 0.195 e. The highest BCUT2D eigenvalue weighted by Gasteiger charge is 2.13. The van der Waals surface area contributed by atoms with Crippen molar-refractivity contribution in [2.45, 2.75) is 4.90 Å². The van der Waals surface area contributed by atoms with Crippen LogP contribution in [0, 0.1) is 0 Å². The number of aliphatic imine (C=N–C) groups is 1. The minimum absolute atomic E-state index is 0.0161. The fourth-order valence-corrected chi connectivity index (χ4v) is 2.83. The Balaban J connectivity index is 2.74. The van der Waals surface area contributed by atoms with Crippen molar-refractivity contribution in [2.24, 2.45) is 4.99 Å². The largest absolute Gasteiger partial charge is 0.349 e. The van der Waals surface area contributed by atoms with Gasteiger partial charge in [0.05, 0.1) is 17.2 Å². The summed E-state index contributed by atoms with van der Waals surface area (Å²) >= 11 is 0. The molecule has 0 unspecified atom stereocenters. The summed E-state index contributed by atoms with van der Waals surface area (Å²) in [5.74, 6) is 0.769. The first-order valence-electron chi connectivity index (χ1n) is 6.01. The molecule has 0 saturated heterocycles. The highest BCUT2D eigenvalue weighted by molar-refractivity contribution is 7.91. The standard InChI is InChI=1S/C13H21N3O2S/c1-15(2)13(16(3)4)14-10-11-19(17,18)12-8-6-5-7-9-12/h5-9H,10-11H2,1-4H3. The van der Waals surface area contributed by atoms with Gasteiger partial charge in [0, 0.05) is 28.2 Å². The van der Waals surface area contributed by atoms with Crippen molar-refractivity contribution in [1.29, 1.82) is 0 Å². The molecule has 0 spiro atoms. The van der Waals surface area contributed by atoms with Gasteiger partial charge in [0.1, 0.15) is 0 Å². The van der Waals surface area contributed by atoms with Crippen molar-refractivity contribution in [3.8, 4) is 0 Å². The Morgan fingerprint density at radius 1 is 1.05 bits per heavy atom. The van der Waals surface area contributed by atoms with E-state index in [1.807, 2.05) is 38.0 Å². The second kappa shape index (κ2) is 6.56. The number of sulfone groups is 1. The Morgan fingerprint density at radius 3 is 2.05 bits per heavy atom. The lowest BCUT2D eigenvalue weighted by Gasteiger charge is -2.22. The predicted molar refractivity (Wildman–Crippen MR) is 78.2 cm³/mol. The van der Waals surface area contributed by atoms with E-state index in [1.54, 1.807) is 30.3 Å². The zero-order chi connectivity index (χ0) is 14.5. The monoisotopic (exact) mass is 283 g/mol. The molecule has 0 atom stereocenters. The van der Waals surface area contributed by atoms with Crippen LogP contribution in [0.4, 0.5) is 0 Å². The summed E-state index contributed by atoms with van der Waals surface area (Å²) in [6.45, 7) is 0.253. The van der Waals surface area contributed by atoms with E-state index in [0.717, 1.165) is 5.96 Å². The summed E-state index contributed by atoms with van der Waals surface area (Å²) in [5.41, 5.74) is 0. The third kappa shape index (κ3) is 4.55. The maximum atomic E-state index is 12.1. The maximum absolute atomic E-state index is 12.1. The van der Waals surface area contributed by atoms with E-state index < -0.39 is 9.84 Å². The molecule has 6 heteroatoms. The Labute approximate surface area is 115 Å². The van der Waals surface area contributed by atoms with E-state index in [2.05, 4.69) is 4.99 Å². The van der Waals surface area contributed by atoms with Crippen LogP contribution in [0.5, 0.6) is 0 Å². The fraction of sp³-hybridized carbons (Fsp3) is 0.462. The quantitative estimate of drug-likeness (QED) is 0.609. The van der Waals surface area contributed by atoms with E-state index in [0.29, 0.717) is 4.90 Å². The first-order valence-corrected chi connectivity index (χ1v) is 7.66. The van der Waals surface area contributed by atoms with Gasteiger partial charge in [0.2, 0.25) is 0 Å². The Morgan fingerprint density at radius 2 is 1.58 bits per heavy atom. The van der Waals surface area contributed by atoms with Crippen LogP contribution in [0.1, 0.15) is 0 Å². The molecule has 0 bridgehead atoms. The SMILES string of the molecule is CN(C)C(=NCCS(=O)(=O)c1ccccc1)N(C)C. The molecule has 0 aliphatic heterocycles. The van der Waals surface area contributed by atoms with Gasteiger partial charge in [-0.2, -0.15) is 0 Å². The van der Waals surface area contributed by atoms with Crippen LogP contribution in [-0.2, 0) is 9.84 Å². The van der Waals surface area contributed by atoms with Crippen molar-refractivity contribution in [3.05, 3.63) is 30.3 Å². The molecule has 0 heterocycles. The molecule has 0 radical (unpaired) electrons. The van der Waals surface area contributed by atoms with Crippen molar-refractivity contribution in [3.63, 3.8) is 0 Å². The van der Waals surface area contributed by atoms with Crippen LogP contribution in [0.2, 0.25) is 0 Å². The van der Waals surface area contributed by atoms with Crippen LogP contribution in [0.25, 0.3) is 0 Å². The van der Waals surface area contributed by atoms with Crippen molar-refractivity contribution >= 4 is 15.8 Å². The van der Waals surface area contributed by atoms with Crippen LogP contribution in [0.15, 0.2) is 40.2 Å². The lowest BCUT2D eigenvalue weighted by atomic mass is 10.4. The Hall–Kier alpha value is -1.56. The van der Waals surface area contributed by atoms with E-state index in [4.69, 9.17) is 0 Å². The number of guanidine groups is 1. The molecule has 0 aliphatic rings. The molecule has 0 fully saturated rings. The number of hydrogen-bond donors (Lipinski definition) is 0. The van der Waals surface area contributed by atoms with Crippen LogP contribution in [-0.4, -0.2) is 64.7 Å². The minimum Gasteiger partial charge on any atom is -0.349 e. The summed E-state index contributed by atoms with van der Waals surface area (Å²) in [5, 5.41) is 0. The van der Waals surface area contributed by atoms with Gasteiger partial charge < -0.3 is 9.80 Å². The molecular formula is C13H21N3O2S. The molecule has 0 N–H and O–H groups in total. The molecule has 0 aliphatic carbocycles. The molecule has 1 rings (SSSR count). The second-order valence-corrected chi connectivity index (χ2v) is 6.71. The van der Waals surface area contributed by atoms with Gasteiger partial charge in [-0.3, -0.25) is 4.99 Å². The van der Waals surface area contributed by atoms with E-state index in [9.17, 15) is 8.42 Å². The highest BCUT2D eigenvalue weighted by Crippen LogP contribution is 2.09. The molecule has 0 aromatic heterocycles. The lowest BCUT2D eigenvalue weighted by Crippen LogP contribution is -2.35. The summed E-state index contributed by atoms with van der Waals surface area (Å²) < 4.78 is 24.1. The van der Waals surface area contributed by atoms with E-state index in [-0.39, 0.29) is 12.3 Å².